The smallest absolute Gasteiger partial charge is 0.255 e. The van der Waals surface area contributed by atoms with Crippen LogP contribution in [-0.4, -0.2) is 30.1 Å². The molecule has 1 heterocycles. The minimum Gasteiger partial charge on any atom is -0.255 e. The van der Waals surface area contributed by atoms with E-state index in [4.69, 9.17) is 23.2 Å². The molecule has 0 saturated carbocycles. The van der Waals surface area contributed by atoms with Gasteiger partial charge in [0.05, 0.1) is 11.2 Å². The van der Waals surface area contributed by atoms with Gasteiger partial charge in [0.15, 0.2) is 5.03 Å². The largest absolute Gasteiger partial charge is 0.259 e. The van der Waals surface area contributed by atoms with E-state index in [1.54, 1.807) is 0 Å². The molecule has 0 aromatic carbocycles. The van der Waals surface area contributed by atoms with Gasteiger partial charge in [-0.2, -0.15) is 5.10 Å². The van der Waals surface area contributed by atoms with E-state index in [0.717, 1.165) is 0 Å². The lowest BCUT2D eigenvalue weighted by Crippen LogP contribution is -2.44. The molecule has 0 aliphatic carbocycles. The summed E-state index contributed by atoms with van der Waals surface area (Å²) in [5, 5.41) is 3.91. The average Bonchev–Trinajstić information content (AvgIpc) is 2.56. The van der Waals surface area contributed by atoms with Gasteiger partial charge in [0.2, 0.25) is 0 Å². The third kappa shape index (κ3) is 4.08. The van der Waals surface area contributed by atoms with Crippen molar-refractivity contribution in [3.8, 4) is 0 Å². The van der Waals surface area contributed by atoms with Gasteiger partial charge < -0.3 is 0 Å². The van der Waals surface area contributed by atoms with E-state index in [1.165, 1.54) is 17.9 Å². The molecule has 1 atom stereocenters. The van der Waals surface area contributed by atoms with Crippen molar-refractivity contribution in [2.24, 2.45) is 12.5 Å². The fourth-order valence-electron chi connectivity index (χ4n) is 1.72. The summed E-state index contributed by atoms with van der Waals surface area (Å²) < 4.78 is 28.6. The van der Waals surface area contributed by atoms with Crippen LogP contribution in [0.4, 0.5) is 0 Å². The third-order valence-corrected chi connectivity index (χ3v) is 5.03. The summed E-state index contributed by atoms with van der Waals surface area (Å²) in [7, 11) is -2.19. The van der Waals surface area contributed by atoms with Crippen molar-refractivity contribution in [3.05, 3.63) is 11.2 Å². The van der Waals surface area contributed by atoms with Gasteiger partial charge in [0.25, 0.3) is 10.0 Å². The van der Waals surface area contributed by atoms with E-state index < -0.39 is 10.0 Å². The second-order valence-corrected chi connectivity index (χ2v) is 7.85. The van der Waals surface area contributed by atoms with Gasteiger partial charge in [-0.3, -0.25) is 4.68 Å². The number of aryl methyl sites for hydroxylation is 1. The van der Waals surface area contributed by atoms with Crippen LogP contribution in [0.15, 0.2) is 11.2 Å². The first kappa shape index (κ1) is 16.8. The standard InChI is InChI=1S/C11H19Cl2N3O2S/c1-11(2,3)9(5-6-12)15-19(17,18)10-8(13)7-14-16(10)4/h7,9,15H,5-6H2,1-4H3. The highest BCUT2D eigenvalue weighted by molar-refractivity contribution is 7.89. The van der Waals surface area contributed by atoms with Crippen LogP contribution in [0.2, 0.25) is 5.02 Å². The molecule has 110 valence electrons. The number of hydrogen-bond donors (Lipinski definition) is 1. The van der Waals surface area contributed by atoms with Crippen molar-refractivity contribution in [1.82, 2.24) is 14.5 Å². The Morgan fingerprint density at radius 1 is 1.47 bits per heavy atom. The van der Waals surface area contributed by atoms with Gasteiger partial charge >= 0.3 is 0 Å². The first-order valence-corrected chi connectivity index (χ1v) is 8.25. The van der Waals surface area contributed by atoms with Crippen molar-refractivity contribution in [3.63, 3.8) is 0 Å². The van der Waals surface area contributed by atoms with Crippen molar-refractivity contribution in [2.45, 2.75) is 38.3 Å². The molecule has 0 aliphatic heterocycles. The molecule has 0 fully saturated rings. The fraction of sp³-hybridized carbons (Fsp3) is 0.727. The van der Waals surface area contributed by atoms with Crippen molar-refractivity contribution in [1.29, 1.82) is 0 Å². The molecule has 1 aromatic heterocycles. The molecule has 0 bridgehead atoms. The van der Waals surface area contributed by atoms with Crippen LogP contribution in [0.25, 0.3) is 0 Å². The number of hydrogen-bond acceptors (Lipinski definition) is 3. The molecule has 8 heteroatoms. The first-order valence-electron chi connectivity index (χ1n) is 5.85. The van der Waals surface area contributed by atoms with Crippen LogP contribution in [0.1, 0.15) is 27.2 Å². The highest BCUT2D eigenvalue weighted by Gasteiger charge is 2.31. The molecule has 0 radical (unpaired) electrons. The molecule has 0 aliphatic rings. The monoisotopic (exact) mass is 327 g/mol. The zero-order valence-electron chi connectivity index (χ0n) is 11.4. The predicted molar refractivity (Wildman–Crippen MR) is 77.1 cm³/mol. The molecular weight excluding hydrogens is 309 g/mol. The normalized spacial score (nSPS) is 14.6. The summed E-state index contributed by atoms with van der Waals surface area (Å²) >= 11 is 11.6. The zero-order chi connectivity index (χ0) is 14.8. The summed E-state index contributed by atoms with van der Waals surface area (Å²) in [5.74, 6) is 0.379. The second kappa shape index (κ2) is 5.99. The van der Waals surface area contributed by atoms with Crippen molar-refractivity contribution < 1.29 is 8.42 Å². The Labute approximate surface area is 124 Å². The highest BCUT2D eigenvalue weighted by Crippen LogP contribution is 2.26. The van der Waals surface area contributed by atoms with Gasteiger partial charge in [0, 0.05) is 19.0 Å². The topological polar surface area (TPSA) is 64.0 Å². The van der Waals surface area contributed by atoms with Crippen LogP contribution in [0.5, 0.6) is 0 Å². The summed E-state index contributed by atoms with van der Waals surface area (Å²) in [6, 6.07) is -0.277. The minimum absolute atomic E-state index is 0.0296. The van der Waals surface area contributed by atoms with Crippen LogP contribution in [0, 0.1) is 5.41 Å². The number of nitrogens with zero attached hydrogens (tertiary/aromatic N) is 2. The van der Waals surface area contributed by atoms with E-state index in [1.807, 2.05) is 20.8 Å². The number of nitrogens with one attached hydrogen (secondary N) is 1. The third-order valence-electron chi connectivity index (χ3n) is 2.84. The molecule has 19 heavy (non-hydrogen) atoms. The summed E-state index contributed by atoms with van der Waals surface area (Å²) in [4.78, 5) is 0. The quantitative estimate of drug-likeness (QED) is 0.844. The Balaban J connectivity index is 3.08. The maximum atomic E-state index is 12.4. The lowest BCUT2D eigenvalue weighted by molar-refractivity contribution is 0.292. The molecule has 0 amide bonds. The molecule has 1 unspecified atom stereocenters. The Hall–Kier alpha value is -0.300. The highest BCUT2D eigenvalue weighted by atomic mass is 35.5. The number of halogens is 2. The first-order chi connectivity index (χ1) is 8.59. The molecule has 1 N–H and O–H groups in total. The number of aromatic nitrogens is 2. The second-order valence-electron chi connectivity index (χ2n) is 5.44. The Morgan fingerprint density at radius 3 is 2.42 bits per heavy atom. The van der Waals surface area contributed by atoms with E-state index in [2.05, 4.69) is 9.82 Å². The summed E-state index contributed by atoms with van der Waals surface area (Å²) in [5.41, 5.74) is -0.243. The van der Waals surface area contributed by atoms with Crippen LogP contribution in [-0.2, 0) is 17.1 Å². The minimum atomic E-state index is -3.72. The van der Waals surface area contributed by atoms with Crippen LogP contribution in [0.3, 0.4) is 0 Å². The number of rotatable bonds is 5. The predicted octanol–water partition coefficient (Wildman–Crippen LogP) is 2.40. The molecule has 0 saturated heterocycles. The van der Waals surface area contributed by atoms with E-state index >= 15 is 0 Å². The molecular formula is C11H19Cl2N3O2S. The van der Waals surface area contributed by atoms with Crippen molar-refractivity contribution >= 4 is 33.2 Å². The Kier molecular flexibility index (Phi) is 5.28. The van der Waals surface area contributed by atoms with Crippen molar-refractivity contribution in [2.75, 3.05) is 5.88 Å². The van der Waals surface area contributed by atoms with Gasteiger partial charge in [-0.15, -0.1) is 11.6 Å². The van der Waals surface area contributed by atoms with Gasteiger partial charge in [0.1, 0.15) is 0 Å². The lowest BCUT2D eigenvalue weighted by atomic mass is 9.86. The van der Waals surface area contributed by atoms with Gasteiger partial charge in [-0.1, -0.05) is 32.4 Å². The SMILES string of the molecule is Cn1ncc(Cl)c1S(=O)(=O)NC(CCCl)C(C)(C)C. The van der Waals surface area contributed by atoms with E-state index in [0.29, 0.717) is 12.3 Å². The maximum absolute atomic E-state index is 12.4. The fourth-order valence-corrected chi connectivity index (χ4v) is 4.07. The lowest BCUT2D eigenvalue weighted by Gasteiger charge is -2.30. The molecule has 1 rings (SSSR count). The summed E-state index contributed by atoms with van der Waals surface area (Å²) in [6.45, 7) is 5.87. The van der Waals surface area contributed by atoms with E-state index in [-0.39, 0.29) is 21.5 Å². The molecule has 5 nitrogen and oxygen atoms in total. The van der Waals surface area contributed by atoms with Crippen LogP contribution < -0.4 is 4.72 Å². The molecule has 0 spiro atoms. The van der Waals surface area contributed by atoms with Gasteiger partial charge in [-0.25, -0.2) is 13.1 Å². The maximum Gasteiger partial charge on any atom is 0.259 e. The number of sulfonamides is 1. The van der Waals surface area contributed by atoms with Crippen LogP contribution >= 0.6 is 23.2 Å². The van der Waals surface area contributed by atoms with Gasteiger partial charge in [-0.05, 0) is 11.8 Å². The zero-order valence-corrected chi connectivity index (χ0v) is 13.8. The Bertz CT molecular complexity index is 515. The van der Waals surface area contributed by atoms with E-state index in [9.17, 15) is 8.42 Å². The average molecular weight is 328 g/mol. The Morgan fingerprint density at radius 2 is 2.05 bits per heavy atom. The summed E-state index contributed by atoms with van der Waals surface area (Å²) in [6.07, 6.45) is 1.85. The molecule has 1 aromatic rings. The number of alkyl halides is 1.